The Bertz CT molecular complexity index is 151. The van der Waals surface area contributed by atoms with Gasteiger partial charge < -0.3 is 5.32 Å². The summed E-state index contributed by atoms with van der Waals surface area (Å²) in [7, 11) is 0. The zero-order valence-corrected chi connectivity index (χ0v) is 9.99. The first-order chi connectivity index (χ1) is 4.13. The van der Waals surface area contributed by atoms with Gasteiger partial charge >= 0.3 is 0 Å². The van der Waals surface area contributed by atoms with Gasteiger partial charge in [-0.2, -0.15) is 11.5 Å². The molecule has 0 amide bonds. The quantitative estimate of drug-likeness (QED) is 0.605. The molecule has 1 heterocycles. The molecule has 0 fully saturated rings. The molecule has 1 aliphatic heterocycles. The summed E-state index contributed by atoms with van der Waals surface area (Å²) < 4.78 is 0. The van der Waals surface area contributed by atoms with Crippen molar-refractivity contribution in [3.8, 4) is 0 Å². The van der Waals surface area contributed by atoms with Crippen LogP contribution in [0.15, 0.2) is 11.3 Å². The second-order valence-corrected chi connectivity index (χ2v) is 2.80. The van der Waals surface area contributed by atoms with E-state index in [0.29, 0.717) is 6.04 Å². The van der Waals surface area contributed by atoms with E-state index < -0.39 is 0 Å². The Kier molecular flexibility index (Phi) is 3.97. The first-order valence-corrected chi connectivity index (χ1v) is 3.40. The average Bonchev–Trinajstić information content (AvgIpc) is 1.98. The van der Waals surface area contributed by atoms with Gasteiger partial charge in [0.15, 0.2) is 0 Å². The summed E-state index contributed by atoms with van der Waals surface area (Å²) in [6.45, 7) is 8.67. The van der Waals surface area contributed by atoms with Crippen LogP contribution >= 0.6 is 0 Å². The van der Waals surface area contributed by atoms with Crippen molar-refractivity contribution >= 4 is 0 Å². The Morgan fingerprint density at radius 1 is 1.40 bits per heavy atom. The molecule has 0 aromatic carbocycles. The Balaban J connectivity index is 0.000000810. The molecule has 55 valence electrons. The van der Waals surface area contributed by atoms with E-state index in [2.05, 4.69) is 33.0 Å². The summed E-state index contributed by atoms with van der Waals surface area (Å²) in [5.74, 6) is 1.48. The molecular weight excluding hydrogens is 199 g/mol. The summed E-state index contributed by atoms with van der Waals surface area (Å²) >= 11 is 0. The van der Waals surface area contributed by atoms with Gasteiger partial charge in [-0.25, -0.2) is 0 Å². The van der Waals surface area contributed by atoms with Crippen LogP contribution in [-0.4, -0.2) is 6.04 Å². The maximum Gasteiger partial charge on any atom is 0 e. The van der Waals surface area contributed by atoms with Gasteiger partial charge in [-0.05, 0) is 6.04 Å². The molecule has 0 aromatic rings. The van der Waals surface area contributed by atoms with E-state index in [0.717, 1.165) is 0 Å². The largest absolute Gasteiger partial charge is 0.473 e. The third-order valence-corrected chi connectivity index (χ3v) is 2.24. The second kappa shape index (κ2) is 3.78. The van der Waals surface area contributed by atoms with E-state index in [9.17, 15) is 0 Å². The third kappa shape index (κ3) is 1.76. The summed E-state index contributed by atoms with van der Waals surface area (Å²) in [6, 6.07) is 0.560. The predicted octanol–water partition coefficient (Wildman–Crippen LogP) is 1.86. The molecule has 1 atom stereocenters. The molecule has 1 unspecified atom stereocenters. The fourth-order valence-corrected chi connectivity index (χ4v) is 1.16. The minimum absolute atomic E-state index is 0. The topological polar surface area (TPSA) is 12.0 Å². The van der Waals surface area contributed by atoms with Gasteiger partial charge in [-0.3, -0.25) is 0 Å². The standard InChI is InChI=1S/C8H14N.Y/c1-5-6(2)8(4)9-7(5)3;/h7,9H,1-4H3;/q-1;. The molecule has 1 aliphatic rings. The molecular formula is C8H14NY-. The zero-order valence-electron chi connectivity index (χ0n) is 7.15. The van der Waals surface area contributed by atoms with Gasteiger partial charge in [0.2, 0.25) is 0 Å². The molecule has 1 radical (unpaired) electrons. The van der Waals surface area contributed by atoms with Gasteiger partial charge in [0, 0.05) is 32.7 Å². The molecule has 0 spiro atoms. The van der Waals surface area contributed by atoms with Gasteiger partial charge in [-0.15, -0.1) is 12.6 Å². The minimum atomic E-state index is 0. The molecule has 0 bridgehead atoms. The molecule has 0 saturated carbocycles. The number of rotatable bonds is 0. The van der Waals surface area contributed by atoms with Crippen molar-refractivity contribution in [1.82, 2.24) is 5.32 Å². The van der Waals surface area contributed by atoms with Gasteiger partial charge in [0.1, 0.15) is 0 Å². The van der Waals surface area contributed by atoms with E-state index in [1.807, 2.05) is 0 Å². The second-order valence-electron chi connectivity index (χ2n) is 2.80. The van der Waals surface area contributed by atoms with Gasteiger partial charge in [-0.1, -0.05) is 20.8 Å². The maximum absolute atomic E-state index is 3.36. The van der Waals surface area contributed by atoms with Crippen LogP contribution in [0.1, 0.15) is 27.7 Å². The van der Waals surface area contributed by atoms with Crippen molar-refractivity contribution in [3.63, 3.8) is 0 Å². The zero-order chi connectivity index (χ0) is 7.02. The van der Waals surface area contributed by atoms with Crippen LogP contribution in [0.4, 0.5) is 0 Å². The minimum Gasteiger partial charge on any atom is -0.473 e. The van der Waals surface area contributed by atoms with E-state index >= 15 is 0 Å². The average molecular weight is 213 g/mol. The van der Waals surface area contributed by atoms with Crippen molar-refractivity contribution in [3.05, 3.63) is 17.2 Å². The van der Waals surface area contributed by atoms with Crippen LogP contribution in [0.3, 0.4) is 0 Å². The van der Waals surface area contributed by atoms with E-state index in [1.165, 1.54) is 17.2 Å². The summed E-state index contributed by atoms with van der Waals surface area (Å²) in [5.41, 5.74) is 2.77. The van der Waals surface area contributed by atoms with Crippen molar-refractivity contribution in [2.45, 2.75) is 33.7 Å². The van der Waals surface area contributed by atoms with E-state index in [4.69, 9.17) is 0 Å². The number of allylic oxidation sites excluding steroid dienone is 1. The first-order valence-electron chi connectivity index (χ1n) is 3.40. The third-order valence-electron chi connectivity index (χ3n) is 2.24. The molecule has 1 nitrogen and oxygen atoms in total. The van der Waals surface area contributed by atoms with Gasteiger partial charge in [0.25, 0.3) is 0 Å². The molecule has 0 aromatic heterocycles. The first kappa shape index (κ1) is 10.5. The summed E-state index contributed by atoms with van der Waals surface area (Å²) in [6.07, 6.45) is 0. The van der Waals surface area contributed by atoms with Crippen LogP contribution in [0.25, 0.3) is 0 Å². The Labute approximate surface area is 88.5 Å². The molecule has 0 saturated heterocycles. The Hall–Kier alpha value is 0.514. The SMILES string of the molecule is CC1=C(C)[C-](C)C(C)N1.[Y]. The normalized spacial score (nSPS) is 24.4. The van der Waals surface area contributed by atoms with Crippen LogP contribution in [0.2, 0.25) is 0 Å². The summed E-state index contributed by atoms with van der Waals surface area (Å²) in [4.78, 5) is 0. The summed E-state index contributed by atoms with van der Waals surface area (Å²) in [5, 5.41) is 3.36. The predicted molar refractivity (Wildman–Crippen MR) is 39.9 cm³/mol. The number of nitrogens with one attached hydrogen (secondary N) is 1. The van der Waals surface area contributed by atoms with Crippen molar-refractivity contribution in [1.29, 1.82) is 0 Å². The Morgan fingerprint density at radius 2 is 1.90 bits per heavy atom. The van der Waals surface area contributed by atoms with Crippen LogP contribution in [0, 0.1) is 5.92 Å². The van der Waals surface area contributed by atoms with Crippen LogP contribution in [0.5, 0.6) is 0 Å². The Morgan fingerprint density at radius 3 is 2.00 bits per heavy atom. The van der Waals surface area contributed by atoms with Gasteiger partial charge in [0.05, 0.1) is 0 Å². The van der Waals surface area contributed by atoms with Crippen LogP contribution < -0.4 is 5.32 Å². The fraction of sp³-hybridized carbons (Fsp3) is 0.625. The molecule has 1 rings (SSSR count). The number of hydrogen-bond donors (Lipinski definition) is 1. The molecule has 2 heteroatoms. The smallest absolute Gasteiger partial charge is 0 e. The molecule has 1 N–H and O–H groups in total. The maximum atomic E-state index is 3.36. The molecule has 10 heavy (non-hydrogen) atoms. The van der Waals surface area contributed by atoms with Crippen molar-refractivity contribution in [2.75, 3.05) is 0 Å². The number of hydrogen-bond acceptors (Lipinski definition) is 1. The monoisotopic (exact) mass is 213 g/mol. The molecule has 0 aliphatic carbocycles. The fourth-order valence-electron chi connectivity index (χ4n) is 1.16. The van der Waals surface area contributed by atoms with E-state index in [1.54, 1.807) is 0 Å². The van der Waals surface area contributed by atoms with E-state index in [-0.39, 0.29) is 32.7 Å². The van der Waals surface area contributed by atoms with Crippen molar-refractivity contribution < 1.29 is 32.7 Å². The van der Waals surface area contributed by atoms with Crippen LogP contribution in [-0.2, 0) is 32.7 Å². The van der Waals surface area contributed by atoms with Crippen molar-refractivity contribution in [2.24, 2.45) is 0 Å².